The molecule has 0 spiro atoms. The maximum atomic E-state index is 12.8. The van der Waals surface area contributed by atoms with Gasteiger partial charge in [0, 0.05) is 39.3 Å². The topological polar surface area (TPSA) is 59.1 Å². The Morgan fingerprint density at radius 1 is 0.920 bits per heavy atom. The lowest BCUT2D eigenvalue weighted by molar-refractivity contribution is 0.0190. The number of sulfonamides is 1. The van der Waals surface area contributed by atoms with Gasteiger partial charge < -0.3 is 14.4 Å². The summed E-state index contributed by atoms with van der Waals surface area (Å²) in [5, 5.41) is 0. The van der Waals surface area contributed by atoms with Crippen molar-refractivity contribution < 1.29 is 17.9 Å². The first-order valence-corrected chi connectivity index (χ1v) is 10.4. The number of piperidine rings is 2. The minimum atomic E-state index is -3.41. The van der Waals surface area contributed by atoms with Gasteiger partial charge in [0.1, 0.15) is 5.75 Å². The van der Waals surface area contributed by atoms with Gasteiger partial charge in [-0.1, -0.05) is 0 Å². The standard InChI is InChI=1S/C18H28N2O4S/c1-23-16-3-5-18(6-4-16)25(21,22)20-13-7-15(8-14-20)19-11-9-17(24-2)10-12-19/h3-6,15,17H,7-14H2,1-2H3. The van der Waals surface area contributed by atoms with E-state index in [0.717, 1.165) is 38.8 Å². The van der Waals surface area contributed by atoms with Crippen LogP contribution in [0.2, 0.25) is 0 Å². The van der Waals surface area contributed by atoms with E-state index in [1.54, 1.807) is 42.8 Å². The van der Waals surface area contributed by atoms with Crippen molar-refractivity contribution in [2.45, 2.75) is 42.7 Å². The van der Waals surface area contributed by atoms with Crippen LogP contribution in [0.5, 0.6) is 5.75 Å². The summed E-state index contributed by atoms with van der Waals surface area (Å²) in [6, 6.07) is 7.12. The third-order valence-electron chi connectivity index (χ3n) is 5.45. The molecule has 0 radical (unpaired) electrons. The van der Waals surface area contributed by atoms with Gasteiger partial charge in [0.05, 0.1) is 18.1 Å². The zero-order valence-electron chi connectivity index (χ0n) is 15.1. The van der Waals surface area contributed by atoms with Crippen molar-refractivity contribution in [2.75, 3.05) is 40.4 Å². The first-order chi connectivity index (χ1) is 12.0. The summed E-state index contributed by atoms with van der Waals surface area (Å²) in [5.41, 5.74) is 0. The quantitative estimate of drug-likeness (QED) is 0.795. The summed E-state index contributed by atoms with van der Waals surface area (Å²) >= 11 is 0. The van der Waals surface area contributed by atoms with Crippen LogP contribution >= 0.6 is 0 Å². The van der Waals surface area contributed by atoms with E-state index in [0.29, 0.717) is 35.9 Å². The molecule has 2 aliphatic rings. The fourth-order valence-electron chi connectivity index (χ4n) is 3.82. The molecule has 0 atom stereocenters. The third-order valence-corrected chi connectivity index (χ3v) is 7.36. The van der Waals surface area contributed by atoms with Gasteiger partial charge in [-0.25, -0.2) is 8.42 Å². The lowest BCUT2D eigenvalue weighted by atomic mass is 10.00. The van der Waals surface area contributed by atoms with Gasteiger partial charge in [0.25, 0.3) is 0 Å². The summed E-state index contributed by atoms with van der Waals surface area (Å²) in [5.74, 6) is 0.664. The van der Waals surface area contributed by atoms with E-state index in [9.17, 15) is 8.42 Å². The molecule has 1 aromatic carbocycles. The fourth-order valence-corrected chi connectivity index (χ4v) is 5.29. The second-order valence-electron chi connectivity index (χ2n) is 6.78. The predicted molar refractivity (Wildman–Crippen MR) is 96.4 cm³/mol. The van der Waals surface area contributed by atoms with Gasteiger partial charge in [-0.2, -0.15) is 4.31 Å². The van der Waals surface area contributed by atoms with Gasteiger partial charge in [-0.3, -0.25) is 0 Å². The summed E-state index contributed by atoms with van der Waals surface area (Å²) in [6.07, 6.45) is 4.31. The van der Waals surface area contributed by atoms with Crippen molar-refractivity contribution in [1.82, 2.24) is 9.21 Å². The molecule has 7 heteroatoms. The Hall–Kier alpha value is -1.15. The monoisotopic (exact) mass is 368 g/mol. The lowest BCUT2D eigenvalue weighted by Gasteiger charge is -2.41. The summed E-state index contributed by atoms with van der Waals surface area (Å²) in [4.78, 5) is 2.85. The number of benzene rings is 1. The number of methoxy groups -OCH3 is 2. The molecule has 25 heavy (non-hydrogen) atoms. The summed E-state index contributed by atoms with van der Waals surface area (Å²) in [6.45, 7) is 3.27. The second-order valence-corrected chi connectivity index (χ2v) is 8.72. The molecule has 2 fully saturated rings. The molecular weight excluding hydrogens is 340 g/mol. The van der Waals surface area contributed by atoms with E-state index in [2.05, 4.69) is 4.90 Å². The van der Waals surface area contributed by atoms with E-state index in [-0.39, 0.29) is 0 Å². The van der Waals surface area contributed by atoms with E-state index >= 15 is 0 Å². The van der Waals surface area contributed by atoms with E-state index in [4.69, 9.17) is 9.47 Å². The molecule has 0 aliphatic carbocycles. The van der Waals surface area contributed by atoms with E-state index in [1.807, 2.05) is 0 Å². The Bertz CT molecular complexity index is 646. The average molecular weight is 368 g/mol. The Kier molecular flexibility index (Phi) is 5.99. The minimum absolute atomic E-state index is 0.340. The van der Waals surface area contributed by atoms with Gasteiger partial charge >= 0.3 is 0 Å². The highest BCUT2D eigenvalue weighted by molar-refractivity contribution is 7.89. The molecule has 0 aromatic heterocycles. The molecule has 1 aromatic rings. The van der Waals surface area contributed by atoms with Crippen LogP contribution in [0.15, 0.2) is 29.2 Å². The molecule has 2 aliphatic heterocycles. The number of hydrogen-bond donors (Lipinski definition) is 0. The van der Waals surface area contributed by atoms with Gasteiger partial charge in [0.2, 0.25) is 10.0 Å². The van der Waals surface area contributed by atoms with E-state index < -0.39 is 10.0 Å². The molecular formula is C18H28N2O4S. The van der Waals surface area contributed by atoms with Crippen molar-refractivity contribution >= 4 is 10.0 Å². The highest BCUT2D eigenvalue weighted by Crippen LogP contribution is 2.26. The van der Waals surface area contributed by atoms with Crippen LogP contribution in [0.4, 0.5) is 0 Å². The van der Waals surface area contributed by atoms with Crippen molar-refractivity contribution in [2.24, 2.45) is 0 Å². The van der Waals surface area contributed by atoms with Crippen LogP contribution in [0.3, 0.4) is 0 Å². The lowest BCUT2D eigenvalue weighted by Crippen LogP contribution is -2.49. The molecule has 0 saturated carbocycles. The molecule has 3 rings (SSSR count). The largest absolute Gasteiger partial charge is 0.497 e. The van der Waals surface area contributed by atoms with Crippen LogP contribution in [0.25, 0.3) is 0 Å². The Morgan fingerprint density at radius 2 is 1.52 bits per heavy atom. The van der Waals surface area contributed by atoms with Crippen LogP contribution in [-0.4, -0.2) is 70.2 Å². The Balaban J connectivity index is 1.57. The fraction of sp³-hybridized carbons (Fsp3) is 0.667. The van der Waals surface area contributed by atoms with Crippen molar-refractivity contribution in [3.63, 3.8) is 0 Å². The molecule has 0 N–H and O–H groups in total. The zero-order valence-corrected chi connectivity index (χ0v) is 15.9. The molecule has 6 nitrogen and oxygen atoms in total. The van der Waals surface area contributed by atoms with Crippen molar-refractivity contribution in [3.05, 3.63) is 24.3 Å². The Morgan fingerprint density at radius 3 is 2.04 bits per heavy atom. The molecule has 0 bridgehead atoms. The van der Waals surface area contributed by atoms with Gasteiger partial charge in [0.15, 0.2) is 0 Å². The van der Waals surface area contributed by atoms with Crippen LogP contribution < -0.4 is 4.74 Å². The second kappa shape index (κ2) is 8.03. The van der Waals surface area contributed by atoms with Crippen LogP contribution in [0, 0.1) is 0 Å². The number of ether oxygens (including phenoxy) is 2. The molecule has 2 saturated heterocycles. The van der Waals surface area contributed by atoms with Crippen molar-refractivity contribution in [1.29, 1.82) is 0 Å². The molecule has 140 valence electrons. The number of hydrogen-bond acceptors (Lipinski definition) is 5. The average Bonchev–Trinajstić information content (AvgIpc) is 2.68. The molecule has 2 heterocycles. The number of likely N-dealkylation sites (tertiary alicyclic amines) is 1. The third kappa shape index (κ3) is 4.16. The maximum absolute atomic E-state index is 12.8. The SMILES string of the molecule is COc1ccc(S(=O)(=O)N2CCC(N3CCC(OC)CC3)CC2)cc1. The summed E-state index contributed by atoms with van der Waals surface area (Å²) < 4.78 is 37.8. The molecule has 0 unspecified atom stereocenters. The normalized spacial score (nSPS) is 22.2. The first kappa shape index (κ1) is 18.6. The van der Waals surface area contributed by atoms with Crippen molar-refractivity contribution in [3.8, 4) is 5.75 Å². The number of rotatable bonds is 5. The highest BCUT2D eigenvalue weighted by Gasteiger charge is 2.33. The maximum Gasteiger partial charge on any atom is 0.243 e. The summed E-state index contributed by atoms with van der Waals surface area (Å²) in [7, 11) is -0.0609. The Labute approximate surface area is 150 Å². The zero-order chi connectivity index (χ0) is 17.9. The smallest absolute Gasteiger partial charge is 0.243 e. The van der Waals surface area contributed by atoms with Gasteiger partial charge in [-0.05, 0) is 49.9 Å². The minimum Gasteiger partial charge on any atom is -0.497 e. The molecule has 0 amide bonds. The highest BCUT2D eigenvalue weighted by atomic mass is 32.2. The number of nitrogens with zero attached hydrogens (tertiary/aromatic N) is 2. The van der Waals surface area contributed by atoms with Crippen LogP contribution in [-0.2, 0) is 14.8 Å². The van der Waals surface area contributed by atoms with E-state index in [1.165, 1.54) is 0 Å². The first-order valence-electron chi connectivity index (χ1n) is 8.95. The predicted octanol–water partition coefficient (Wildman–Crippen LogP) is 1.96. The van der Waals surface area contributed by atoms with Gasteiger partial charge in [-0.15, -0.1) is 0 Å². The van der Waals surface area contributed by atoms with Crippen LogP contribution in [0.1, 0.15) is 25.7 Å².